The Kier molecular flexibility index (Phi) is 9.98. The molecule has 1 amide bonds. The van der Waals surface area contributed by atoms with Crippen LogP contribution >= 0.6 is 24.0 Å². The van der Waals surface area contributed by atoms with Gasteiger partial charge in [-0.25, -0.2) is 0 Å². The third-order valence-corrected chi connectivity index (χ3v) is 5.18. The molecule has 5 nitrogen and oxygen atoms in total. The van der Waals surface area contributed by atoms with Crippen LogP contribution in [0.4, 0.5) is 0 Å². The number of hydrogen-bond donors (Lipinski definition) is 3. The zero-order chi connectivity index (χ0) is 18.2. The number of nitrogens with one attached hydrogen (secondary N) is 3. The largest absolute Gasteiger partial charge is 0.355 e. The van der Waals surface area contributed by atoms with Gasteiger partial charge in [0.15, 0.2) is 5.96 Å². The number of nitrogens with zero attached hydrogens (tertiary/aromatic N) is 1. The van der Waals surface area contributed by atoms with Crippen molar-refractivity contribution in [3.05, 3.63) is 35.4 Å². The molecule has 2 rings (SSSR count). The van der Waals surface area contributed by atoms with Crippen molar-refractivity contribution in [2.45, 2.75) is 52.1 Å². The predicted molar refractivity (Wildman–Crippen MR) is 119 cm³/mol. The summed E-state index contributed by atoms with van der Waals surface area (Å²) in [6.07, 6.45) is 5.02. The predicted octanol–water partition coefficient (Wildman–Crippen LogP) is 3.54. The van der Waals surface area contributed by atoms with E-state index < -0.39 is 0 Å². The van der Waals surface area contributed by atoms with E-state index in [1.54, 1.807) is 7.05 Å². The lowest BCUT2D eigenvalue weighted by Crippen LogP contribution is -2.44. The van der Waals surface area contributed by atoms with Gasteiger partial charge in [-0.1, -0.05) is 26.0 Å². The van der Waals surface area contributed by atoms with Crippen LogP contribution in [0.3, 0.4) is 0 Å². The lowest BCUT2D eigenvalue weighted by Gasteiger charge is -2.32. The number of benzene rings is 1. The molecule has 1 saturated carbocycles. The van der Waals surface area contributed by atoms with Gasteiger partial charge < -0.3 is 16.0 Å². The second-order valence-electron chi connectivity index (χ2n) is 7.20. The van der Waals surface area contributed by atoms with E-state index in [2.05, 4.69) is 34.8 Å². The second kappa shape index (κ2) is 11.4. The topological polar surface area (TPSA) is 65.5 Å². The summed E-state index contributed by atoms with van der Waals surface area (Å²) in [5, 5.41) is 9.55. The van der Waals surface area contributed by atoms with E-state index in [0.29, 0.717) is 18.2 Å². The summed E-state index contributed by atoms with van der Waals surface area (Å²) < 4.78 is 0. The van der Waals surface area contributed by atoms with Crippen molar-refractivity contribution in [3.63, 3.8) is 0 Å². The number of carbonyl (C=O) groups excluding carboxylic acids is 1. The van der Waals surface area contributed by atoms with Crippen LogP contribution in [0.15, 0.2) is 29.3 Å². The lowest BCUT2D eigenvalue weighted by atomic mass is 9.80. The highest BCUT2D eigenvalue weighted by atomic mass is 127. The molecule has 6 heteroatoms. The number of carbonyl (C=O) groups is 1. The highest BCUT2D eigenvalue weighted by molar-refractivity contribution is 14.0. The average molecular weight is 472 g/mol. The summed E-state index contributed by atoms with van der Waals surface area (Å²) in [4.78, 5) is 15.9. The maximum atomic E-state index is 11.6. The Morgan fingerprint density at radius 1 is 1.15 bits per heavy atom. The minimum atomic E-state index is -0.0611. The fourth-order valence-corrected chi connectivity index (χ4v) is 3.42. The van der Waals surface area contributed by atoms with Gasteiger partial charge >= 0.3 is 0 Å². The Labute approximate surface area is 174 Å². The van der Waals surface area contributed by atoms with Crippen LogP contribution in [0.2, 0.25) is 0 Å². The Morgan fingerprint density at radius 2 is 1.77 bits per heavy atom. The molecule has 146 valence electrons. The van der Waals surface area contributed by atoms with E-state index in [1.807, 2.05) is 31.3 Å². The molecular formula is C20H33IN4O. The van der Waals surface area contributed by atoms with Gasteiger partial charge in [-0.15, -0.1) is 24.0 Å². The highest BCUT2D eigenvalue weighted by Crippen LogP contribution is 2.29. The molecule has 1 aliphatic carbocycles. The first-order valence-corrected chi connectivity index (χ1v) is 9.31. The van der Waals surface area contributed by atoms with E-state index in [-0.39, 0.29) is 29.9 Å². The van der Waals surface area contributed by atoms with Gasteiger partial charge in [-0.3, -0.25) is 9.79 Å². The van der Waals surface area contributed by atoms with Gasteiger partial charge in [0, 0.05) is 32.2 Å². The fraction of sp³-hybridized carbons (Fsp3) is 0.600. The smallest absolute Gasteiger partial charge is 0.251 e. The van der Waals surface area contributed by atoms with Gasteiger partial charge in [0.25, 0.3) is 5.91 Å². The van der Waals surface area contributed by atoms with Crippen molar-refractivity contribution in [3.8, 4) is 0 Å². The van der Waals surface area contributed by atoms with Crippen LogP contribution in [0.25, 0.3) is 0 Å². The Morgan fingerprint density at radius 3 is 2.27 bits per heavy atom. The van der Waals surface area contributed by atoms with Crippen molar-refractivity contribution >= 4 is 35.8 Å². The van der Waals surface area contributed by atoms with E-state index >= 15 is 0 Å². The quantitative estimate of drug-likeness (QED) is 0.349. The summed E-state index contributed by atoms with van der Waals surface area (Å²) >= 11 is 0. The first kappa shape index (κ1) is 22.7. The first-order valence-electron chi connectivity index (χ1n) is 9.31. The van der Waals surface area contributed by atoms with Crippen molar-refractivity contribution in [1.82, 2.24) is 16.0 Å². The number of aliphatic imine (C=N–C) groups is 1. The summed E-state index contributed by atoms with van der Waals surface area (Å²) in [5.74, 6) is 2.44. The average Bonchev–Trinajstić information content (AvgIpc) is 2.65. The zero-order valence-corrected chi connectivity index (χ0v) is 18.7. The normalized spacial score (nSPS) is 20.3. The number of guanidine groups is 1. The van der Waals surface area contributed by atoms with Gasteiger partial charge in [0.05, 0.1) is 0 Å². The third kappa shape index (κ3) is 6.78. The molecule has 0 radical (unpaired) electrons. The molecule has 0 atom stereocenters. The molecule has 1 aromatic carbocycles. The molecule has 0 aliphatic heterocycles. The molecule has 1 aliphatic rings. The van der Waals surface area contributed by atoms with Crippen LogP contribution in [0, 0.1) is 11.8 Å². The minimum Gasteiger partial charge on any atom is -0.355 e. The van der Waals surface area contributed by atoms with Crippen molar-refractivity contribution in [1.29, 1.82) is 0 Å². The lowest BCUT2D eigenvalue weighted by molar-refractivity contribution is 0.0963. The monoisotopic (exact) mass is 472 g/mol. The molecule has 26 heavy (non-hydrogen) atoms. The molecule has 0 bridgehead atoms. The fourth-order valence-electron chi connectivity index (χ4n) is 3.42. The number of amides is 1. The zero-order valence-electron chi connectivity index (χ0n) is 16.3. The van der Waals surface area contributed by atoms with E-state index in [9.17, 15) is 4.79 Å². The standard InChI is InChI=1S/C20H32N4O.HI/c1-14(2)16-9-11-18(12-10-16)24-20(22-4)23-13-15-5-7-17(8-6-15)19(25)21-3;/h5-8,14,16,18H,9-13H2,1-4H3,(H,21,25)(H2,22,23,24);1H. The van der Waals surface area contributed by atoms with Crippen LogP contribution in [0.1, 0.15) is 55.5 Å². The van der Waals surface area contributed by atoms with Crippen LogP contribution in [0.5, 0.6) is 0 Å². The Bertz CT molecular complexity index is 578. The summed E-state index contributed by atoms with van der Waals surface area (Å²) in [5.41, 5.74) is 1.80. The molecule has 0 heterocycles. The second-order valence-corrected chi connectivity index (χ2v) is 7.20. The van der Waals surface area contributed by atoms with Crippen molar-refractivity contribution in [2.24, 2.45) is 16.8 Å². The molecular weight excluding hydrogens is 439 g/mol. The van der Waals surface area contributed by atoms with Crippen LogP contribution in [-0.2, 0) is 6.54 Å². The van der Waals surface area contributed by atoms with Gasteiger partial charge in [0.1, 0.15) is 0 Å². The Hall–Kier alpha value is -1.31. The number of halogens is 1. The van der Waals surface area contributed by atoms with E-state index in [0.717, 1.165) is 23.4 Å². The number of hydrogen-bond acceptors (Lipinski definition) is 2. The molecule has 0 spiro atoms. The number of rotatable bonds is 5. The molecule has 1 aromatic rings. The summed E-state index contributed by atoms with van der Waals surface area (Å²) in [6.45, 7) is 5.34. The van der Waals surface area contributed by atoms with E-state index in [4.69, 9.17) is 0 Å². The van der Waals surface area contributed by atoms with Gasteiger partial charge in [-0.05, 0) is 55.2 Å². The van der Waals surface area contributed by atoms with Crippen LogP contribution in [-0.4, -0.2) is 32.0 Å². The molecule has 0 saturated heterocycles. The maximum Gasteiger partial charge on any atom is 0.251 e. The minimum absolute atomic E-state index is 0. The Balaban J connectivity index is 0.00000338. The molecule has 3 N–H and O–H groups in total. The van der Waals surface area contributed by atoms with E-state index in [1.165, 1.54) is 25.7 Å². The van der Waals surface area contributed by atoms with Gasteiger partial charge in [-0.2, -0.15) is 0 Å². The van der Waals surface area contributed by atoms with Crippen molar-refractivity contribution in [2.75, 3.05) is 14.1 Å². The molecule has 1 fully saturated rings. The summed E-state index contributed by atoms with van der Waals surface area (Å²) in [6, 6.07) is 8.15. The third-order valence-electron chi connectivity index (χ3n) is 5.18. The first-order chi connectivity index (χ1) is 12.0. The summed E-state index contributed by atoms with van der Waals surface area (Å²) in [7, 11) is 3.45. The highest BCUT2D eigenvalue weighted by Gasteiger charge is 2.23. The SMILES string of the molecule is CN=C(NCc1ccc(C(=O)NC)cc1)NC1CCC(C(C)C)CC1.I. The van der Waals surface area contributed by atoms with Crippen molar-refractivity contribution < 1.29 is 4.79 Å². The maximum absolute atomic E-state index is 11.6. The molecule has 0 aromatic heterocycles. The molecule has 0 unspecified atom stereocenters. The van der Waals surface area contributed by atoms with Crippen LogP contribution < -0.4 is 16.0 Å². The van der Waals surface area contributed by atoms with Gasteiger partial charge in [0.2, 0.25) is 0 Å².